The van der Waals surface area contributed by atoms with Crippen LogP contribution in [0, 0.1) is 0 Å². The SMILES string of the molecule is O=C(NC1CCN(CCn2nc3n(c2=O)CCCC3)C1)c1ccccn1. The van der Waals surface area contributed by atoms with Gasteiger partial charge in [0, 0.05) is 44.8 Å². The first-order chi connectivity index (χ1) is 12.7. The number of hydrogen-bond acceptors (Lipinski definition) is 5. The number of fused-ring (bicyclic) bond motifs is 1. The minimum absolute atomic E-state index is 0.0129. The molecule has 0 spiro atoms. The van der Waals surface area contributed by atoms with E-state index in [0.717, 1.165) is 57.7 Å². The zero-order valence-corrected chi connectivity index (χ0v) is 14.8. The van der Waals surface area contributed by atoms with Crippen molar-refractivity contribution in [3.05, 3.63) is 46.4 Å². The second-order valence-electron chi connectivity index (χ2n) is 7.01. The molecule has 2 aliphatic rings. The number of aryl methyl sites for hydroxylation is 1. The van der Waals surface area contributed by atoms with Gasteiger partial charge in [-0.15, -0.1) is 0 Å². The maximum atomic E-state index is 12.4. The lowest BCUT2D eigenvalue weighted by Gasteiger charge is -2.16. The zero-order valence-electron chi connectivity index (χ0n) is 14.8. The highest BCUT2D eigenvalue weighted by Gasteiger charge is 2.25. The first-order valence-electron chi connectivity index (χ1n) is 9.31. The van der Waals surface area contributed by atoms with E-state index in [-0.39, 0.29) is 17.6 Å². The largest absolute Gasteiger partial charge is 0.347 e. The molecular formula is C18H24N6O2. The number of aromatic nitrogens is 4. The van der Waals surface area contributed by atoms with Gasteiger partial charge in [-0.2, -0.15) is 5.10 Å². The van der Waals surface area contributed by atoms with Gasteiger partial charge >= 0.3 is 5.69 Å². The first-order valence-corrected chi connectivity index (χ1v) is 9.31. The van der Waals surface area contributed by atoms with Crippen LogP contribution in [-0.2, 0) is 19.5 Å². The summed E-state index contributed by atoms with van der Waals surface area (Å²) >= 11 is 0. The van der Waals surface area contributed by atoms with Crippen LogP contribution in [0.3, 0.4) is 0 Å². The molecule has 1 fully saturated rings. The predicted molar refractivity (Wildman–Crippen MR) is 96.0 cm³/mol. The number of hydrogen-bond donors (Lipinski definition) is 1. The fourth-order valence-corrected chi connectivity index (χ4v) is 3.74. The van der Waals surface area contributed by atoms with Gasteiger partial charge in [0.1, 0.15) is 11.5 Å². The second-order valence-corrected chi connectivity index (χ2v) is 7.01. The summed E-state index contributed by atoms with van der Waals surface area (Å²) < 4.78 is 3.41. The summed E-state index contributed by atoms with van der Waals surface area (Å²) in [6, 6.07) is 5.44. The Bertz CT molecular complexity index is 828. The van der Waals surface area contributed by atoms with Gasteiger partial charge in [-0.25, -0.2) is 9.48 Å². The zero-order chi connectivity index (χ0) is 17.9. The number of carbonyl (C=O) groups is 1. The third-order valence-corrected chi connectivity index (χ3v) is 5.16. The van der Waals surface area contributed by atoms with E-state index in [4.69, 9.17) is 0 Å². The Morgan fingerprint density at radius 3 is 2.96 bits per heavy atom. The lowest BCUT2D eigenvalue weighted by molar-refractivity contribution is 0.0932. The smallest absolute Gasteiger partial charge is 0.345 e. The van der Waals surface area contributed by atoms with Gasteiger partial charge in [-0.3, -0.25) is 19.2 Å². The maximum absolute atomic E-state index is 12.4. The molecule has 2 aromatic heterocycles. The Morgan fingerprint density at radius 1 is 1.23 bits per heavy atom. The van der Waals surface area contributed by atoms with Gasteiger partial charge in [0.2, 0.25) is 0 Å². The van der Waals surface area contributed by atoms with Crippen molar-refractivity contribution < 1.29 is 4.79 Å². The fraction of sp³-hybridized carbons (Fsp3) is 0.556. The molecule has 2 aromatic rings. The van der Waals surface area contributed by atoms with E-state index in [1.807, 2.05) is 10.6 Å². The predicted octanol–water partition coefficient (Wildman–Crippen LogP) is 0.280. The molecule has 8 nitrogen and oxygen atoms in total. The number of likely N-dealkylation sites (tertiary alicyclic amines) is 1. The van der Waals surface area contributed by atoms with Crippen molar-refractivity contribution in [2.45, 2.75) is 44.8 Å². The summed E-state index contributed by atoms with van der Waals surface area (Å²) in [5, 5.41) is 7.52. The lowest BCUT2D eigenvalue weighted by atomic mass is 10.2. The molecule has 2 aliphatic heterocycles. The summed E-state index contributed by atoms with van der Waals surface area (Å²) in [5.41, 5.74) is 0.458. The molecule has 1 N–H and O–H groups in total. The molecule has 0 aliphatic carbocycles. The molecule has 138 valence electrons. The number of nitrogens with one attached hydrogen (secondary N) is 1. The molecule has 8 heteroatoms. The van der Waals surface area contributed by atoms with E-state index in [1.165, 1.54) is 0 Å². The van der Waals surface area contributed by atoms with Gasteiger partial charge in [-0.1, -0.05) is 6.07 Å². The van der Waals surface area contributed by atoms with E-state index in [1.54, 1.807) is 23.0 Å². The van der Waals surface area contributed by atoms with Crippen LogP contribution in [0.15, 0.2) is 29.2 Å². The average Bonchev–Trinajstić information content (AvgIpc) is 3.25. The molecular weight excluding hydrogens is 332 g/mol. The Morgan fingerprint density at radius 2 is 2.15 bits per heavy atom. The Hall–Kier alpha value is -2.48. The normalized spacial score (nSPS) is 20.1. The second kappa shape index (κ2) is 7.41. The van der Waals surface area contributed by atoms with Crippen molar-refractivity contribution in [2.75, 3.05) is 19.6 Å². The number of carbonyl (C=O) groups excluding carboxylic acids is 1. The molecule has 4 rings (SSSR count). The van der Waals surface area contributed by atoms with Crippen LogP contribution in [0.25, 0.3) is 0 Å². The van der Waals surface area contributed by atoms with Crippen molar-refractivity contribution in [1.82, 2.24) is 29.5 Å². The number of nitrogens with zero attached hydrogens (tertiary/aromatic N) is 5. The minimum atomic E-state index is -0.129. The van der Waals surface area contributed by atoms with Gasteiger partial charge in [0.25, 0.3) is 5.91 Å². The van der Waals surface area contributed by atoms with Crippen LogP contribution in [0.2, 0.25) is 0 Å². The molecule has 0 saturated carbocycles. The molecule has 0 bridgehead atoms. The van der Waals surface area contributed by atoms with E-state index >= 15 is 0 Å². The van der Waals surface area contributed by atoms with E-state index in [0.29, 0.717) is 12.2 Å². The molecule has 1 atom stereocenters. The number of rotatable bonds is 5. The third-order valence-electron chi connectivity index (χ3n) is 5.16. The van der Waals surface area contributed by atoms with Gasteiger partial charge < -0.3 is 5.32 Å². The van der Waals surface area contributed by atoms with Gasteiger partial charge in [0.05, 0.1) is 6.54 Å². The summed E-state index contributed by atoms with van der Waals surface area (Å²) in [5.74, 6) is 0.790. The van der Waals surface area contributed by atoms with Crippen LogP contribution in [0.5, 0.6) is 0 Å². The van der Waals surface area contributed by atoms with Crippen LogP contribution in [0.4, 0.5) is 0 Å². The quantitative estimate of drug-likeness (QED) is 0.832. The summed E-state index contributed by atoms with van der Waals surface area (Å²) in [6.07, 6.45) is 5.60. The maximum Gasteiger partial charge on any atom is 0.345 e. The fourth-order valence-electron chi connectivity index (χ4n) is 3.74. The summed E-state index contributed by atoms with van der Waals surface area (Å²) in [6.45, 7) is 3.86. The molecule has 1 unspecified atom stereocenters. The Kier molecular flexibility index (Phi) is 4.83. The first kappa shape index (κ1) is 17.0. The Balaban J connectivity index is 1.29. The average molecular weight is 356 g/mol. The Labute approximate surface area is 151 Å². The van der Waals surface area contributed by atoms with Gasteiger partial charge in [-0.05, 0) is 31.4 Å². The van der Waals surface area contributed by atoms with Crippen molar-refractivity contribution >= 4 is 5.91 Å². The topological polar surface area (TPSA) is 85.0 Å². The van der Waals surface area contributed by atoms with Crippen LogP contribution >= 0.6 is 0 Å². The highest BCUT2D eigenvalue weighted by Crippen LogP contribution is 2.11. The highest BCUT2D eigenvalue weighted by molar-refractivity contribution is 5.92. The van der Waals surface area contributed by atoms with E-state index < -0.39 is 0 Å². The molecule has 1 amide bonds. The third kappa shape index (κ3) is 3.55. The van der Waals surface area contributed by atoms with Gasteiger partial charge in [0.15, 0.2) is 0 Å². The molecule has 1 saturated heterocycles. The molecule has 0 aromatic carbocycles. The van der Waals surface area contributed by atoms with Crippen molar-refractivity contribution in [3.63, 3.8) is 0 Å². The molecule has 4 heterocycles. The number of amides is 1. The minimum Gasteiger partial charge on any atom is -0.347 e. The van der Waals surface area contributed by atoms with Crippen molar-refractivity contribution in [1.29, 1.82) is 0 Å². The van der Waals surface area contributed by atoms with Crippen molar-refractivity contribution in [3.8, 4) is 0 Å². The van der Waals surface area contributed by atoms with E-state index in [9.17, 15) is 9.59 Å². The molecule has 0 radical (unpaired) electrons. The monoisotopic (exact) mass is 356 g/mol. The summed E-state index contributed by atoms with van der Waals surface area (Å²) in [7, 11) is 0. The molecule has 26 heavy (non-hydrogen) atoms. The number of pyridine rings is 1. The van der Waals surface area contributed by atoms with Crippen LogP contribution in [0.1, 0.15) is 35.6 Å². The van der Waals surface area contributed by atoms with Crippen molar-refractivity contribution in [2.24, 2.45) is 0 Å². The summed E-state index contributed by atoms with van der Waals surface area (Å²) in [4.78, 5) is 30.9. The van der Waals surface area contributed by atoms with Crippen LogP contribution < -0.4 is 11.0 Å². The highest BCUT2D eigenvalue weighted by atomic mass is 16.2. The lowest BCUT2D eigenvalue weighted by Crippen LogP contribution is -2.38. The standard InChI is InChI=1S/C18H24N6O2/c25-17(15-5-1-3-8-19-15)20-14-7-10-22(13-14)11-12-24-18(26)23-9-4-2-6-16(23)21-24/h1,3,5,8,14H,2,4,6-7,9-13H2,(H,20,25). The van der Waals surface area contributed by atoms with E-state index in [2.05, 4.69) is 20.3 Å². The van der Waals surface area contributed by atoms with Crippen LogP contribution in [-0.4, -0.2) is 55.8 Å².